The Balaban J connectivity index is 2.09. The van der Waals surface area contributed by atoms with E-state index in [2.05, 4.69) is 0 Å². The van der Waals surface area contributed by atoms with E-state index >= 15 is 0 Å². The lowest BCUT2D eigenvalue weighted by Gasteiger charge is -2.33. The zero-order chi connectivity index (χ0) is 22.3. The number of hydrogen-bond acceptors (Lipinski definition) is 3. The molecule has 30 heavy (non-hydrogen) atoms. The molecule has 1 fully saturated rings. The van der Waals surface area contributed by atoms with E-state index in [4.69, 9.17) is 16.7 Å². The summed E-state index contributed by atoms with van der Waals surface area (Å²) in [5.41, 5.74) is -3.75. The van der Waals surface area contributed by atoms with E-state index in [0.29, 0.717) is 12.1 Å². The maximum atomic E-state index is 14.3. The molecule has 0 spiro atoms. The van der Waals surface area contributed by atoms with Gasteiger partial charge in [0.25, 0.3) is 0 Å². The smallest absolute Gasteiger partial charge is 0.416 e. The van der Waals surface area contributed by atoms with Gasteiger partial charge in [0.05, 0.1) is 10.5 Å². The molecule has 0 aliphatic carbocycles. The molecule has 3 rings (SSSR count). The van der Waals surface area contributed by atoms with Gasteiger partial charge in [-0.3, -0.25) is 0 Å². The number of alkyl halides is 4. The Labute approximate surface area is 174 Å². The summed E-state index contributed by atoms with van der Waals surface area (Å²) >= 11 is 6.10. The molecule has 0 bridgehead atoms. The molecule has 162 valence electrons. The molecule has 1 aliphatic rings. The summed E-state index contributed by atoms with van der Waals surface area (Å²) in [4.78, 5) is 10.6. The van der Waals surface area contributed by atoms with Crippen LogP contribution in [0.4, 0.5) is 17.6 Å². The number of nitrogens with zero attached hydrogens (tertiary/aromatic N) is 1. The quantitative estimate of drug-likeness (QED) is 0.669. The van der Waals surface area contributed by atoms with Crippen LogP contribution in [0.3, 0.4) is 0 Å². The Hall–Kier alpha value is -2.17. The summed E-state index contributed by atoms with van der Waals surface area (Å²) in [6, 6.07) is 8.05. The van der Waals surface area contributed by atoms with Crippen molar-refractivity contribution in [2.24, 2.45) is 0 Å². The Morgan fingerprint density at radius 2 is 1.67 bits per heavy atom. The number of carbonyl (C=O) groups is 1. The lowest BCUT2D eigenvalue weighted by atomic mass is 9.95. The van der Waals surface area contributed by atoms with Crippen LogP contribution in [0, 0.1) is 0 Å². The molecule has 0 amide bonds. The zero-order valence-corrected chi connectivity index (χ0v) is 16.9. The molecule has 1 N–H and O–H groups in total. The predicted octanol–water partition coefficient (Wildman–Crippen LogP) is 4.60. The molecule has 0 radical (unpaired) electrons. The summed E-state index contributed by atoms with van der Waals surface area (Å²) in [5.74, 6) is -1.68. The van der Waals surface area contributed by atoms with Crippen LogP contribution in [0.25, 0.3) is 11.1 Å². The minimum Gasteiger partial charge on any atom is -0.479 e. The molecule has 2 aromatic rings. The van der Waals surface area contributed by atoms with Crippen molar-refractivity contribution in [3.05, 3.63) is 53.1 Å². The lowest BCUT2D eigenvalue weighted by molar-refractivity contribution is -0.153. The van der Waals surface area contributed by atoms with Crippen molar-refractivity contribution in [1.29, 1.82) is 0 Å². The van der Waals surface area contributed by atoms with Gasteiger partial charge in [0, 0.05) is 42.1 Å². The molecule has 0 unspecified atom stereocenters. The molecule has 1 saturated heterocycles. The molecular formula is C19H16ClF4NO4S. The highest BCUT2D eigenvalue weighted by Crippen LogP contribution is 2.40. The zero-order valence-electron chi connectivity index (χ0n) is 15.3. The summed E-state index contributed by atoms with van der Waals surface area (Å²) in [7, 11) is -4.35. The van der Waals surface area contributed by atoms with Crippen LogP contribution in [0.2, 0.25) is 5.02 Å². The van der Waals surface area contributed by atoms with Gasteiger partial charge in [0.1, 0.15) is 0 Å². The predicted molar refractivity (Wildman–Crippen MR) is 101 cm³/mol. The molecule has 2 aromatic carbocycles. The fraction of sp³-hybridized carbons (Fsp3) is 0.316. The Morgan fingerprint density at radius 3 is 2.20 bits per heavy atom. The largest absolute Gasteiger partial charge is 0.479 e. The Morgan fingerprint density at radius 1 is 1.07 bits per heavy atom. The average Bonchev–Trinajstić information content (AvgIpc) is 2.67. The first-order valence-corrected chi connectivity index (χ1v) is 10.6. The number of benzene rings is 2. The number of carboxylic acids is 1. The first-order chi connectivity index (χ1) is 13.9. The van der Waals surface area contributed by atoms with Gasteiger partial charge in [0.15, 0.2) is 0 Å². The van der Waals surface area contributed by atoms with E-state index < -0.39 is 64.2 Å². The number of hydrogen-bond donors (Lipinski definition) is 1. The average molecular weight is 466 g/mol. The second-order valence-corrected chi connectivity index (χ2v) is 9.18. The van der Waals surface area contributed by atoms with Crippen LogP contribution >= 0.6 is 11.6 Å². The van der Waals surface area contributed by atoms with Gasteiger partial charge in [-0.1, -0.05) is 29.8 Å². The highest BCUT2D eigenvalue weighted by atomic mass is 35.5. The maximum Gasteiger partial charge on any atom is 0.416 e. The third-order valence-electron chi connectivity index (χ3n) is 4.99. The van der Waals surface area contributed by atoms with Crippen LogP contribution in [0.1, 0.15) is 18.4 Å². The topological polar surface area (TPSA) is 74.7 Å². The molecule has 1 heterocycles. The van der Waals surface area contributed by atoms with Crippen molar-refractivity contribution in [2.45, 2.75) is 29.6 Å². The fourth-order valence-electron chi connectivity index (χ4n) is 3.26. The van der Waals surface area contributed by atoms with Gasteiger partial charge in [-0.05, 0) is 24.3 Å². The van der Waals surface area contributed by atoms with Crippen LogP contribution < -0.4 is 0 Å². The van der Waals surface area contributed by atoms with Gasteiger partial charge >= 0.3 is 12.1 Å². The molecule has 5 nitrogen and oxygen atoms in total. The highest BCUT2D eigenvalue weighted by Gasteiger charge is 2.45. The van der Waals surface area contributed by atoms with E-state index in [1.54, 1.807) is 6.07 Å². The third kappa shape index (κ3) is 4.17. The second-order valence-electron chi connectivity index (χ2n) is 6.86. The normalized spacial score (nSPS) is 17.6. The fourth-order valence-corrected chi connectivity index (χ4v) is 5.12. The lowest BCUT2D eigenvalue weighted by Crippen LogP contribution is -2.48. The Bertz CT molecular complexity index is 1080. The second kappa shape index (κ2) is 7.82. The minimum atomic E-state index is -4.71. The molecule has 0 aromatic heterocycles. The van der Waals surface area contributed by atoms with Gasteiger partial charge in [-0.25, -0.2) is 17.6 Å². The van der Waals surface area contributed by atoms with Crippen molar-refractivity contribution >= 4 is 27.6 Å². The molecule has 0 saturated carbocycles. The van der Waals surface area contributed by atoms with Crippen molar-refractivity contribution in [1.82, 2.24) is 4.31 Å². The number of piperidine rings is 1. The van der Waals surface area contributed by atoms with Gasteiger partial charge in [-0.15, -0.1) is 0 Å². The molecule has 1 aliphatic heterocycles. The SMILES string of the molecule is O=C(O)C1(F)CCN(S(=O)(=O)c2ccc(C(F)(F)F)cc2-c2ccccc2Cl)CC1. The van der Waals surface area contributed by atoms with Gasteiger partial charge in [0.2, 0.25) is 15.7 Å². The van der Waals surface area contributed by atoms with Gasteiger partial charge in [-0.2, -0.15) is 17.5 Å². The summed E-state index contributed by atoms with van der Waals surface area (Å²) in [6.45, 7) is -0.845. The summed E-state index contributed by atoms with van der Waals surface area (Å²) in [5, 5.41) is 9.03. The maximum absolute atomic E-state index is 14.3. The molecule has 0 atom stereocenters. The standard InChI is InChI=1S/C19H16ClF4NO4S/c20-15-4-2-1-3-13(15)14-11-12(19(22,23)24)5-6-16(14)30(28,29)25-9-7-18(21,8-10-25)17(26)27/h1-6,11H,7-10H2,(H,26,27). The first-order valence-electron chi connectivity index (χ1n) is 8.75. The molecular weight excluding hydrogens is 450 g/mol. The number of rotatable bonds is 4. The number of sulfonamides is 1. The summed E-state index contributed by atoms with van der Waals surface area (Å²) in [6.07, 6.45) is -5.84. The number of carboxylic acid groups (broad SMARTS) is 1. The van der Waals surface area contributed by atoms with Crippen LogP contribution in [-0.4, -0.2) is 42.6 Å². The number of aliphatic carboxylic acids is 1. The van der Waals surface area contributed by atoms with Crippen molar-refractivity contribution in [2.75, 3.05) is 13.1 Å². The van der Waals surface area contributed by atoms with Crippen LogP contribution in [0.15, 0.2) is 47.4 Å². The first kappa shape index (κ1) is 22.5. The highest BCUT2D eigenvalue weighted by molar-refractivity contribution is 7.89. The van der Waals surface area contributed by atoms with Crippen LogP contribution in [-0.2, 0) is 21.0 Å². The van der Waals surface area contributed by atoms with Crippen LogP contribution in [0.5, 0.6) is 0 Å². The van der Waals surface area contributed by atoms with Crippen molar-refractivity contribution in [3.63, 3.8) is 0 Å². The van der Waals surface area contributed by atoms with E-state index in [-0.39, 0.29) is 16.1 Å². The van der Waals surface area contributed by atoms with Crippen molar-refractivity contribution in [3.8, 4) is 11.1 Å². The van der Waals surface area contributed by atoms with Gasteiger partial charge < -0.3 is 5.11 Å². The van der Waals surface area contributed by atoms with Crippen molar-refractivity contribution < 1.29 is 35.9 Å². The Kier molecular flexibility index (Phi) is 5.87. The monoisotopic (exact) mass is 465 g/mol. The van der Waals surface area contributed by atoms with E-state index in [0.717, 1.165) is 10.4 Å². The third-order valence-corrected chi connectivity index (χ3v) is 7.27. The van der Waals surface area contributed by atoms with E-state index in [9.17, 15) is 30.8 Å². The number of halogens is 5. The van der Waals surface area contributed by atoms with E-state index in [1.165, 1.54) is 18.2 Å². The minimum absolute atomic E-state index is 0.0561. The molecule has 11 heteroatoms. The van der Waals surface area contributed by atoms with E-state index in [1.807, 2.05) is 0 Å². The summed E-state index contributed by atoms with van der Waals surface area (Å²) < 4.78 is 81.2.